The maximum atomic E-state index is 12.1. The number of nitrogens with one attached hydrogen (secondary N) is 1. The third-order valence-corrected chi connectivity index (χ3v) is 3.98. The van der Waals surface area contributed by atoms with Crippen molar-refractivity contribution in [3.05, 3.63) is 57.7 Å². The Hall–Kier alpha value is -1.56. The molecule has 3 nitrogen and oxygen atoms in total. The van der Waals surface area contributed by atoms with Gasteiger partial charge in [0.15, 0.2) is 6.10 Å². The molecule has 0 radical (unpaired) electrons. The van der Waals surface area contributed by atoms with Gasteiger partial charge in [-0.2, -0.15) is 0 Å². The molecule has 0 aliphatic carbocycles. The lowest BCUT2D eigenvalue weighted by molar-refractivity contribution is -0.122. The van der Waals surface area contributed by atoms with Crippen LogP contribution in [-0.2, 0) is 11.2 Å². The van der Waals surface area contributed by atoms with Crippen LogP contribution in [0.1, 0.15) is 25.8 Å². The first-order chi connectivity index (χ1) is 10.6. The molecule has 0 saturated heterocycles. The number of carbonyl (C=O) groups is 1. The number of ether oxygens (including phenoxy) is 1. The molecule has 0 bridgehead atoms. The van der Waals surface area contributed by atoms with E-state index < -0.39 is 6.10 Å². The first kappa shape index (κ1) is 16.8. The van der Waals surface area contributed by atoms with Crippen LogP contribution >= 0.6 is 22.6 Å². The van der Waals surface area contributed by atoms with E-state index in [1.54, 1.807) is 6.92 Å². The molecule has 0 fully saturated rings. The number of anilines is 1. The van der Waals surface area contributed by atoms with Crippen LogP contribution in [0.2, 0.25) is 0 Å². The van der Waals surface area contributed by atoms with Gasteiger partial charge in [0, 0.05) is 9.26 Å². The molecule has 1 unspecified atom stereocenters. The normalized spacial score (nSPS) is 11.8. The van der Waals surface area contributed by atoms with Gasteiger partial charge in [0.2, 0.25) is 0 Å². The van der Waals surface area contributed by atoms with Crippen LogP contribution in [0, 0.1) is 3.57 Å². The summed E-state index contributed by atoms with van der Waals surface area (Å²) < 4.78 is 6.82. The van der Waals surface area contributed by atoms with Gasteiger partial charge in [0.25, 0.3) is 5.91 Å². The molecule has 1 atom stereocenters. The summed E-state index contributed by atoms with van der Waals surface area (Å²) in [5.74, 6) is 0.559. The van der Waals surface area contributed by atoms with Crippen LogP contribution in [0.3, 0.4) is 0 Å². The topological polar surface area (TPSA) is 38.3 Å². The highest BCUT2D eigenvalue weighted by molar-refractivity contribution is 14.1. The lowest BCUT2D eigenvalue weighted by Gasteiger charge is -2.15. The molecule has 0 aliphatic rings. The second-order valence-corrected chi connectivity index (χ2v) is 6.40. The molecule has 0 spiro atoms. The summed E-state index contributed by atoms with van der Waals surface area (Å²) >= 11 is 2.23. The van der Waals surface area contributed by atoms with Gasteiger partial charge in [-0.25, -0.2) is 0 Å². The molecule has 2 aromatic rings. The zero-order valence-corrected chi connectivity index (χ0v) is 15.0. The fraction of sp³-hybridized carbons (Fsp3) is 0.278. The second kappa shape index (κ2) is 8.17. The van der Waals surface area contributed by atoms with E-state index in [2.05, 4.69) is 34.8 Å². The summed E-state index contributed by atoms with van der Waals surface area (Å²) in [5.41, 5.74) is 2.06. The average Bonchev–Trinajstić information content (AvgIpc) is 2.51. The Morgan fingerprint density at radius 1 is 1.14 bits per heavy atom. The number of aryl methyl sites for hydroxylation is 1. The molecule has 1 N–H and O–H groups in total. The zero-order valence-electron chi connectivity index (χ0n) is 12.8. The summed E-state index contributed by atoms with van der Waals surface area (Å²) in [5, 5.41) is 2.85. The van der Waals surface area contributed by atoms with Gasteiger partial charge in [-0.15, -0.1) is 0 Å². The maximum absolute atomic E-state index is 12.1. The Kier molecular flexibility index (Phi) is 6.24. The highest BCUT2D eigenvalue weighted by atomic mass is 127. The molecule has 0 aliphatic heterocycles. The molecule has 0 heterocycles. The van der Waals surface area contributed by atoms with Crippen molar-refractivity contribution in [2.75, 3.05) is 5.32 Å². The third-order valence-electron chi connectivity index (χ3n) is 3.26. The predicted octanol–water partition coefficient (Wildman–Crippen LogP) is 4.65. The van der Waals surface area contributed by atoms with Crippen molar-refractivity contribution in [1.29, 1.82) is 0 Å². The second-order valence-electron chi connectivity index (χ2n) is 5.15. The van der Waals surface area contributed by atoms with Crippen molar-refractivity contribution in [1.82, 2.24) is 0 Å². The van der Waals surface area contributed by atoms with Crippen molar-refractivity contribution < 1.29 is 9.53 Å². The SMILES string of the molecule is CCCc1ccc(OC(C)C(=O)Nc2ccc(I)cc2)cc1. The lowest BCUT2D eigenvalue weighted by Crippen LogP contribution is -2.30. The maximum Gasteiger partial charge on any atom is 0.265 e. The summed E-state index contributed by atoms with van der Waals surface area (Å²) in [6.45, 7) is 3.91. The summed E-state index contributed by atoms with van der Waals surface area (Å²) in [6, 6.07) is 15.6. The van der Waals surface area contributed by atoms with Gasteiger partial charge in [-0.1, -0.05) is 25.5 Å². The van der Waals surface area contributed by atoms with E-state index in [-0.39, 0.29) is 5.91 Å². The zero-order chi connectivity index (χ0) is 15.9. The average molecular weight is 409 g/mol. The van der Waals surface area contributed by atoms with Crippen LogP contribution in [0.4, 0.5) is 5.69 Å². The number of halogens is 1. The Labute approximate surface area is 145 Å². The van der Waals surface area contributed by atoms with Gasteiger partial charge in [-0.05, 0) is 77.9 Å². The smallest absolute Gasteiger partial charge is 0.265 e. The van der Waals surface area contributed by atoms with Crippen LogP contribution in [0.15, 0.2) is 48.5 Å². The van der Waals surface area contributed by atoms with Crippen molar-refractivity contribution in [3.63, 3.8) is 0 Å². The molecule has 116 valence electrons. The molecule has 4 heteroatoms. The monoisotopic (exact) mass is 409 g/mol. The number of rotatable bonds is 6. The molecular formula is C18H20INO2. The Morgan fingerprint density at radius 3 is 2.36 bits per heavy atom. The standard InChI is InChI=1S/C18H20INO2/c1-3-4-14-5-11-17(12-6-14)22-13(2)18(21)20-16-9-7-15(19)8-10-16/h5-13H,3-4H2,1-2H3,(H,20,21). The molecule has 2 rings (SSSR count). The first-order valence-electron chi connectivity index (χ1n) is 7.40. The molecule has 1 amide bonds. The highest BCUT2D eigenvalue weighted by Crippen LogP contribution is 2.16. The molecule has 22 heavy (non-hydrogen) atoms. The first-order valence-corrected chi connectivity index (χ1v) is 8.48. The summed E-state index contributed by atoms with van der Waals surface area (Å²) in [4.78, 5) is 12.1. The van der Waals surface area contributed by atoms with Crippen molar-refractivity contribution >= 4 is 34.2 Å². The molecular weight excluding hydrogens is 389 g/mol. The highest BCUT2D eigenvalue weighted by Gasteiger charge is 2.14. The van der Waals surface area contributed by atoms with Gasteiger partial charge in [0.1, 0.15) is 5.75 Å². The molecule has 0 aromatic heterocycles. The van der Waals surface area contributed by atoms with E-state index in [0.29, 0.717) is 5.75 Å². The van der Waals surface area contributed by atoms with E-state index in [0.717, 1.165) is 22.1 Å². The molecule has 2 aromatic carbocycles. The van der Waals surface area contributed by atoms with Gasteiger partial charge >= 0.3 is 0 Å². The van der Waals surface area contributed by atoms with Crippen LogP contribution in [-0.4, -0.2) is 12.0 Å². The summed E-state index contributed by atoms with van der Waals surface area (Å²) in [7, 11) is 0. The third kappa shape index (κ3) is 5.02. The predicted molar refractivity (Wildman–Crippen MR) is 98.3 cm³/mol. The number of carbonyl (C=O) groups excluding carboxylic acids is 1. The van der Waals surface area contributed by atoms with E-state index >= 15 is 0 Å². The molecule has 0 saturated carbocycles. The van der Waals surface area contributed by atoms with Crippen LogP contribution in [0.5, 0.6) is 5.75 Å². The Bertz CT molecular complexity index is 608. The summed E-state index contributed by atoms with van der Waals surface area (Å²) in [6.07, 6.45) is 1.63. The van der Waals surface area contributed by atoms with Gasteiger partial charge < -0.3 is 10.1 Å². The number of benzene rings is 2. The van der Waals surface area contributed by atoms with Crippen molar-refractivity contribution in [3.8, 4) is 5.75 Å². The van der Waals surface area contributed by atoms with Gasteiger partial charge in [-0.3, -0.25) is 4.79 Å². The van der Waals surface area contributed by atoms with E-state index in [4.69, 9.17) is 4.74 Å². The van der Waals surface area contributed by atoms with Gasteiger partial charge in [0.05, 0.1) is 0 Å². The lowest BCUT2D eigenvalue weighted by atomic mass is 10.1. The van der Waals surface area contributed by atoms with E-state index in [1.165, 1.54) is 5.56 Å². The van der Waals surface area contributed by atoms with E-state index in [1.807, 2.05) is 48.5 Å². The van der Waals surface area contributed by atoms with Crippen LogP contribution in [0.25, 0.3) is 0 Å². The quantitative estimate of drug-likeness (QED) is 0.706. The minimum atomic E-state index is -0.545. The van der Waals surface area contributed by atoms with Crippen LogP contribution < -0.4 is 10.1 Å². The minimum Gasteiger partial charge on any atom is -0.481 e. The fourth-order valence-electron chi connectivity index (χ4n) is 2.06. The van der Waals surface area contributed by atoms with E-state index in [9.17, 15) is 4.79 Å². The van der Waals surface area contributed by atoms with Crippen molar-refractivity contribution in [2.24, 2.45) is 0 Å². The number of hydrogen-bond acceptors (Lipinski definition) is 2. The number of hydrogen-bond donors (Lipinski definition) is 1. The van der Waals surface area contributed by atoms with Crippen molar-refractivity contribution in [2.45, 2.75) is 32.8 Å². The Morgan fingerprint density at radius 2 is 1.77 bits per heavy atom. The Balaban J connectivity index is 1.91. The minimum absolute atomic E-state index is 0.154. The largest absolute Gasteiger partial charge is 0.481 e. The number of amides is 1. The fourth-order valence-corrected chi connectivity index (χ4v) is 2.42.